The predicted molar refractivity (Wildman–Crippen MR) is 115 cm³/mol. The molecule has 29 heavy (non-hydrogen) atoms. The number of hydrogen-bond acceptors (Lipinski definition) is 5. The van der Waals surface area contributed by atoms with E-state index in [1.807, 2.05) is 18.2 Å². The van der Waals surface area contributed by atoms with E-state index in [2.05, 4.69) is 41.0 Å². The number of benzene rings is 2. The summed E-state index contributed by atoms with van der Waals surface area (Å²) in [5.41, 5.74) is 3.66. The van der Waals surface area contributed by atoms with Crippen LogP contribution in [0.1, 0.15) is 11.1 Å². The van der Waals surface area contributed by atoms with Crippen molar-refractivity contribution in [3.05, 3.63) is 59.7 Å². The summed E-state index contributed by atoms with van der Waals surface area (Å²) in [6.45, 7) is 8.60. The fourth-order valence-electron chi connectivity index (χ4n) is 4.06. The molecule has 0 unspecified atom stereocenters. The van der Waals surface area contributed by atoms with Gasteiger partial charge in [-0.2, -0.15) is 4.31 Å². The maximum atomic E-state index is 12.9. The molecular weight excluding hydrogens is 386 g/mol. The topological polar surface area (TPSA) is 53.1 Å². The van der Waals surface area contributed by atoms with Crippen molar-refractivity contribution in [1.29, 1.82) is 0 Å². The Morgan fingerprint density at radius 1 is 0.897 bits per heavy atom. The molecule has 0 bridgehead atoms. The quantitative estimate of drug-likeness (QED) is 0.750. The summed E-state index contributed by atoms with van der Waals surface area (Å²) >= 11 is 0. The molecule has 156 valence electrons. The smallest absolute Gasteiger partial charge is 0.243 e. The standard InChI is InChI=1S/C22H29N3O3S/c1-19-5-2-3-8-22(19)24-11-9-23(10-12-24)18-20-6-4-7-21(17-20)29(26,27)25-13-15-28-16-14-25/h2-8,17H,9-16,18H2,1H3. The van der Waals surface area contributed by atoms with Gasteiger partial charge in [0.25, 0.3) is 0 Å². The number of hydrogen-bond donors (Lipinski definition) is 0. The van der Waals surface area contributed by atoms with Crippen LogP contribution in [0.4, 0.5) is 5.69 Å². The molecule has 0 atom stereocenters. The van der Waals surface area contributed by atoms with E-state index in [9.17, 15) is 8.42 Å². The molecule has 4 rings (SSSR count). The number of anilines is 1. The molecule has 0 radical (unpaired) electrons. The van der Waals surface area contributed by atoms with Gasteiger partial charge in [-0.05, 0) is 36.2 Å². The molecule has 6 nitrogen and oxygen atoms in total. The molecule has 0 aromatic heterocycles. The first-order valence-electron chi connectivity index (χ1n) is 10.2. The average molecular weight is 416 g/mol. The number of ether oxygens (including phenoxy) is 1. The van der Waals surface area contributed by atoms with Crippen LogP contribution in [-0.2, 0) is 21.3 Å². The molecule has 7 heteroatoms. The molecule has 0 spiro atoms. The summed E-state index contributed by atoms with van der Waals surface area (Å²) < 4.78 is 32.6. The lowest BCUT2D eigenvalue weighted by Crippen LogP contribution is -2.46. The highest BCUT2D eigenvalue weighted by Gasteiger charge is 2.26. The minimum Gasteiger partial charge on any atom is -0.379 e. The number of aryl methyl sites for hydroxylation is 1. The van der Waals surface area contributed by atoms with Crippen molar-refractivity contribution >= 4 is 15.7 Å². The van der Waals surface area contributed by atoms with Crippen LogP contribution >= 0.6 is 0 Å². The zero-order valence-corrected chi connectivity index (χ0v) is 17.8. The van der Waals surface area contributed by atoms with Crippen molar-refractivity contribution in [3.8, 4) is 0 Å². The molecule has 0 saturated carbocycles. The van der Waals surface area contributed by atoms with Crippen LogP contribution in [0.3, 0.4) is 0 Å². The van der Waals surface area contributed by atoms with Gasteiger partial charge in [-0.25, -0.2) is 8.42 Å². The molecule has 2 saturated heterocycles. The molecule has 2 fully saturated rings. The van der Waals surface area contributed by atoms with E-state index in [1.54, 1.807) is 6.07 Å². The highest BCUT2D eigenvalue weighted by atomic mass is 32.2. The fraction of sp³-hybridized carbons (Fsp3) is 0.455. The summed E-state index contributed by atoms with van der Waals surface area (Å²) in [5, 5.41) is 0. The molecule has 2 aliphatic heterocycles. The molecule has 0 aliphatic carbocycles. The summed E-state index contributed by atoms with van der Waals surface area (Å²) in [7, 11) is -3.45. The van der Waals surface area contributed by atoms with E-state index in [4.69, 9.17) is 4.74 Å². The predicted octanol–water partition coefficient (Wildman–Crippen LogP) is 2.34. The Morgan fingerprint density at radius 3 is 2.34 bits per heavy atom. The Kier molecular flexibility index (Phi) is 6.20. The molecule has 0 amide bonds. The van der Waals surface area contributed by atoms with Crippen LogP contribution in [0, 0.1) is 6.92 Å². The van der Waals surface area contributed by atoms with Crippen molar-refractivity contribution < 1.29 is 13.2 Å². The van der Waals surface area contributed by atoms with E-state index in [-0.39, 0.29) is 0 Å². The van der Waals surface area contributed by atoms with E-state index in [1.165, 1.54) is 15.6 Å². The maximum absolute atomic E-state index is 12.9. The number of para-hydroxylation sites is 1. The molecular formula is C22H29N3O3S. The highest BCUT2D eigenvalue weighted by Crippen LogP contribution is 2.22. The largest absolute Gasteiger partial charge is 0.379 e. The highest BCUT2D eigenvalue weighted by molar-refractivity contribution is 7.89. The van der Waals surface area contributed by atoms with E-state index in [0.29, 0.717) is 31.2 Å². The van der Waals surface area contributed by atoms with Crippen molar-refractivity contribution in [2.75, 3.05) is 57.4 Å². The first-order chi connectivity index (χ1) is 14.0. The third kappa shape index (κ3) is 4.64. The summed E-state index contributed by atoms with van der Waals surface area (Å²) in [6.07, 6.45) is 0. The fourth-order valence-corrected chi connectivity index (χ4v) is 5.54. The zero-order chi connectivity index (χ0) is 20.3. The molecule has 0 N–H and O–H groups in total. The summed E-state index contributed by atoms with van der Waals surface area (Å²) in [5.74, 6) is 0. The van der Waals surface area contributed by atoms with Gasteiger partial charge in [-0.1, -0.05) is 30.3 Å². The summed E-state index contributed by atoms with van der Waals surface area (Å²) in [4.78, 5) is 5.22. The van der Waals surface area contributed by atoms with Gasteiger partial charge >= 0.3 is 0 Å². The van der Waals surface area contributed by atoms with Crippen LogP contribution in [0.5, 0.6) is 0 Å². The normalized spacial score (nSPS) is 19.4. The van der Waals surface area contributed by atoms with Gasteiger partial charge in [0.05, 0.1) is 18.1 Å². The van der Waals surface area contributed by atoms with Crippen LogP contribution in [0.25, 0.3) is 0 Å². The van der Waals surface area contributed by atoms with Gasteiger partial charge in [0.15, 0.2) is 0 Å². The summed E-state index contributed by atoms with van der Waals surface area (Å²) in [6, 6.07) is 15.9. The van der Waals surface area contributed by atoms with Crippen molar-refractivity contribution in [2.24, 2.45) is 0 Å². The second-order valence-electron chi connectivity index (χ2n) is 7.71. The number of morpholine rings is 1. The third-order valence-electron chi connectivity index (χ3n) is 5.74. The minimum absolute atomic E-state index is 0.385. The van der Waals surface area contributed by atoms with E-state index in [0.717, 1.165) is 38.3 Å². The lowest BCUT2D eigenvalue weighted by molar-refractivity contribution is 0.0730. The van der Waals surface area contributed by atoms with E-state index >= 15 is 0 Å². The van der Waals surface area contributed by atoms with Crippen molar-refractivity contribution in [2.45, 2.75) is 18.4 Å². The first kappa shape index (κ1) is 20.3. The van der Waals surface area contributed by atoms with Gasteiger partial charge in [0, 0.05) is 51.5 Å². The Hall–Kier alpha value is -1.93. The van der Waals surface area contributed by atoms with Crippen LogP contribution in [-0.4, -0.2) is 70.1 Å². The van der Waals surface area contributed by atoms with Crippen LogP contribution < -0.4 is 4.90 Å². The molecule has 2 heterocycles. The Balaban J connectivity index is 1.40. The monoisotopic (exact) mass is 415 g/mol. The average Bonchev–Trinajstić information content (AvgIpc) is 2.76. The second-order valence-corrected chi connectivity index (χ2v) is 9.65. The number of nitrogens with zero attached hydrogens (tertiary/aromatic N) is 3. The third-order valence-corrected chi connectivity index (χ3v) is 7.64. The van der Waals surface area contributed by atoms with Crippen molar-refractivity contribution in [1.82, 2.24) is 9.21 Å². The number of rotatable bonds is 5. The SMILES string of the molecule is Cc1ccccc1N1CCN(Cc2cccc(S(=O)(=O)N3CCOCC3)c2)CC1. The van der Waals surface area contributed by atoms with Gasteiger partial charge in [-0.3, -0.25) is 4.90 Å². The second kappa shape index (κ2) is 8.83. The van der Waals surface area contributed by atoms with Crippen LogP contribution in [0.2, 0.25) is 0 Å². The zero-order valence-electron chi connectivity index (χ0n) is 17.0. The maximum Gasteiger partial charge on any atom is 0.243 e. The Bertz CT molecular complexity index is 934. The molecule has 2 aliphatic rings. The van der Waals surface area contributed by atoms with Crippen LogP contribution in [0.15, 0.2) is 53.4 Å². The van der Waals surface area contributed by atoms with Crippen molar-refractivity contribution in [3.63, 3.8) is 0 Å². The lowest BCUT2D eigenvalue weighted by atomic mass is 10.1. The minimum atomic E-state index is -3.45. The van der Waals surface area contributed by atoms with Gasteiger partial charge in [-0.15, -0.1) is 0 Å². The van der Waals surface area contributed by atoms with Gasteiger partial charge in [0.1, 0.15) is 0 Å². The molecule has 2 aromatic carbocycles. The van der Waals surface area contributed by atoms with Gasteiger partial charge < -0.3 is 9.64 Å². The number of piperazine rings is 1. The van der Waals surface area contributed by atoms with Gasteiger partial charge in [0.2, 0.25) is 10.0 Å². The van der Waals surface area contributed by atoms with E-state index < -0.39 is 10.0 Å². The Labute approximate surface area is 173 Å². The lowest BCUT2D eigenvalue weighted by Gasteiger charge is -2.37. The number of sulfonamides is 1. The first-order valence-corrected chi connectivity index (χ1v) is 11.7. The Morgan fingerprint density at radius 2 is 1.62 bits per heavy atom. The molecule has 2 aromatic rings.